The van der Waals surface area contributed by atoms with Gasteiger partial charge in [-0.15, -0.1) is 0 Å². The van der Waals surface area contributed by atoms with Crippen molar-refractivity contribution in [2.45, 2.75) is 156 Å². The molecule has 0 aromatic heterocycles. The fraction of sp³-hybridized carbons (Fsp3) is 0.632. The highest BCUT2D eigenvalue weighted by atomic mass is 31.2. The molecule has 0 saturated carbocycles. The molecule has 0 fully saturated rings. The normalized spacial score (nSPS) is 13.6. The smallest absolute Gasteiger partial charge is 0.328 e. The fourth-order valence-electron chi connectivity index (χ4n) is 5.81. The molecule has 0 saturated heterocycles. The van der Waals surface area contributed by atoms with Gasteiger partial charge in [0, 0.05) is 0 Å². The highest BCUT2D eigenvalue weighted by Gasteiger charge is 2.46. The van der Waals surface area contributed by atoms with Crippen molar-refractivity contribution in [1.82, 2.24) is 0 Å². The lowest BCUT2D eigenvalue weighted by Gasteiger charge is -2.43. The molecule has 0 aliphatic heterocycles. The van der Waals surface area contributed by atoms with E-state index in [2.05, 4.69) is 126 Å². The summed E-state index contributed by atoms with van der Waals surface area (Å²) in [5.74, 6) is 0. The summed E-state index contributed by atoms with van der Waals surface area (Å²) in [6.07, 6.45) is 6.43. The zero-order valence-corrected chi connectivity index (χ0v) is 30.1. The maximum atomic E-state index is 10.7. The summed E-state index contributed by atoms with van der Waals surface area (Å²) >= 11 is 0. The maximum Gasteiger partial charge on any atom is 0.328 e. The van der Waals surface area contributed by atoms with E-state index in [0.29, 0.717) is 0 Å². The molecule has 0 aliphatic rings. The molecule has 0 aliphatic carbocycles. The Labute approximate surface area is 260 Å². The quantitative estimate of drug-likeness (QED) is 0.154. The molecule has 0 heterocycles. The van der Waals surface area contributed by atoms with Crippen molar-refractivity contribution in [2.24, 2.45) is 0 Å². The summed E-state index contributed by atoms with van der Waals surface area (Å²) in [7, 11) is -2.71. The van der Waals surface area contributed by atoms with Crippen molar-refractivity contribution >= 4 is 8.60 Å². The third kappa shape index (κ3) is 8.78. The minimum absolute atomic E-state index is 0.0379. The van der Waals surface area contributed by atoms with Gasteiger partial charge in [-0.2, -0.15) is 0 Å². The molecule has 2 rings (SSSR count). The van der Waals surface area contributed by atoms with Crippen molar-refractivity contribution in [2.75, 3.05) is 0 Å². The SMILES string of the molecule is C=C(CCCCCCC)C(OP(O)O)(c1ccc(C(C)(C)C)cc1C(C)(C)C)c1ccc(C(C)(C)C)cc1C(C)(C)C. The van der Waals surface area contributed by atoms with E-state index in [1.54, 1.807) is 0 Å². The van der Waals surface area contributed by atoms with Gasteiger partial charge in [0.2, 0.25) is 0 Å². The van der Waals surface area contributed by atoms with Gasteiger partial charge in [0.25, 0.3) is 0 Å². The molecule has 0 unspecified atom stereocenters. The Balaban J connectivity index is 3.10. The molecule has 236 valence electrons. The number of unbranched alkanes of at least 4 members (excludes halogenated alkanes) is 4. The van der Waals surface area contributed by atoms with Crippen LogP contribution in [0.3, 0.4) is 0 Å². The van der Waals surface area contributed by atoms with Crippen LogP contribution in [0.4, 0.5) is 0 Å². The van der Waals surface area contributed by atoms with Crippen LogP contribution in [0, 0.1) is 0 Å². The zero-order valence-electron chi connectivity index (χ0n) is 29.2. The molecule has 2 aromatic rings. The van der Waals surface area contributed by atoms with Crippen LogP contribution in [-0.4, -0.2) is 9.79 Å². The van der Waals surface area contributed by atoms with Gasteiger partial charge in [-0.1, -0.05) is 159 Å². The fourth-order valence-corrected chi connectivity index (χ4v) is 6.38. The second-order valence-corrected chi connectivity index (χ2v) is 17.0. The number of rotatable bonds is 11. The summed E-state index contributed by atoms with van der Waals surface area (Å²) in [4.78, 5) is 21.4. The van der Waals surface area contributed by atoms with Gasteiger partial charge in [-0.05, 0) is 73.5 Å². The minimum Gasteiger partial charge on any atom is -0.328 e. The van der Waals surface area contributed by atoms with Crippen LogP contribution >= 0.6 is 8.60 Å². The molecule has 0 spiro atoms. The molecule has 4 heteroatoms. The van der Waals surface area contributed by atoms with Gasteiger partial charge in [0.15, 0.2) is 0 Å². The van der Waals surface area contributed by atoms with Gasteiger partial charge < -0.3 is 9.79 Å². The minimum atomic E-state index is -2.71. The predicted octanol–water partition coefficient (Wildman–Crippen LogP) is 11.3. The van der Waals surface area contributed by atoms with E-state index in [4.69, 9.17) is 11.1 Å². The van der Waals surface area contributed by atoms with E-state index in [9.17, 15) is 9.79 Å². The predicted molar refractivity (Wildman–Crippen MR) is 183 cm³/mol. The van der Waals surface area contributed by atoms with Crippen molar-refractivity contribution < 1.29 is 14.3 Å². The standard InChI is InChI=1S/C38H61O3P/c1-15-16-17-18-19-20-27(2)38(41-42(39)40,30-23-21-28(34(3,4)5)25-32(30)36(9,10)11)31-24-22-29(35(6,7)8)26-33(31)37(12,13)14/h21-26,39-40H,2,15-20H2,1,3-14H3. The molecule has 42 heavy (non-hydrogen) atoms. The Bertz CT molecular complexity index is 1120. The Morgan fingerprint density at radius 3 is 1.36 bits per heavy atom. The Morgan fingerprint density at radius 1 is 0.619 bits per heavy atom. The molecule has 0 amide bonds. The average molecular weight is 597 g/mol. The number of benzene rings is 2. The van der Waals surface area contributed by atoms with Crippen LogP contribution < -0.4 is 0 Å². The van der Waals surface area contributed by atoms with Crippen LogP contribution in [0.1, 0.15) is 162 Å². The summed E-state index contributed by atoms with van der Waals surface area (Å²) in [5.41, 5.74) is 5.77. The largest absolute Gasteiger partial charge is 0.328 e. The molecule has 3 nitrogen and oxygen atoms in total. The van der Waals surface area contributed by atoms with Crippen LogP contribution in [-0.2, 0) is 31.8 Å². The maximum absolute atomic E-state index is 10.7. The van der Waals surface area contributed by atoms with E-state index in [1.807, 2.05) is 0 Å². The van der Waals surface area contributed by atoms with Gasteiger partial charge in [-0.3, -0.25) is 4.52 Å². The van der Waals surface area contributed by atoms with Gasteiger partial charge in [0.05, 0.1) is 0 Å². The first kappa shape index (κ1) is 36.7. The summed E-state index contributed by atoms with van der Waals surface area (Å²) in [6, 6.07) is 13.3. The lowest BCUT2D eigenvalue weighted by molar-refractivity contribution is 0.118. The van der Waals surface area contributed by atoms with Crippen molar-refractivity contribution in [1.29, 1.82) is 0 Å². The number of hydrogen-bond acceptors (Lipinski definition) is 3. The van der Waals surface area contributed by atoms with Gasteiger partial charge in [0.1, 0.15) is 5.60 Å². The van der Waals surface area contributed by atoms with Crippen LogP contribution in [0.2, 0.25) is 0 Å². The summed E-state index contributed by atoms with van der Waals surface area (Å²) < 4.78 is 6.55. The van der Waals surface area contributed by atoms with Gasteiger partial charge in [-0.25, -0.2) is 0 Å². The molecule has 2 N–H and O–H groups in total. The van der Waals surface area contributed by atoms with Crippen molar-refractivity contribution in [3.05, 3.63) is 81.9 Å². The Morgan fingerprint density at radius 2 is 1.02 bits per heavy atom. The lowest BCUT2D eigenvalue weighted by atomic mass is 9.67. The van der Waals surface area contributed by atoms with Crippen LogP contribution in [0.15, 0.2) is 48.6 Å². The topological polar surface area (TPSA) is 49.7 Å². The van der Waals surface area contributed by atoms with E-state index in [-0.39, 0.29) is 21.7 Å². The number of hydrogen-bond donors (Lipinski definition) is 2. The summed E-state index contributed by atoms with van der Waals surface area (Å²) in [6.45, 7) is 33.7. The molecule has 2 aromatic carbocycles. The first-order chi connectivity index (χ1) is 19.1. The van der Waals surface area contributed by atoms with E-state index in [1.165, 1.54) is 30.4 Å². The highest BCUT2D eigenvalue weighted by Crippen LogP contribution is 2.54. The van der Waals surface area contributed by atoms with Gasteiger partial charge >= 0.3 is 8.60 Å². The monoisotopic (exact) mass is 596 g/mol. The third-order valence-electron chi connectivity index (χ3n) is 8.44. The lowest BCUT2D eigenvalue weighted by Crippen LogP contribution is -2.38. The van der Waals surface area contributed by atoms with Crippen LogP contribution in [0.5, 0.6) is 0 Å². The van der Waals surface area contributed by atoms with Crippen LogP contribution in [0.25, 0.3) is 0 Å². The molecule has 0 radical (unpaired) electrons. The van der Waals surface area contributed by atoms with E-state index in [0.717, 1.165) is 47.1 Å². The molecule has 0 atom stereocenters. The van der Waals surface area contributed by atoms with Crippen molar-refractivity contribution in [3.63, 3.8) is 0 Å². The Kier molecular flexibility index (Phi) is 11.9. The second kappa shape index (κ2) is 13.6. The first-order valence-electron chi connectivity index (χ1n) is 15.9. The highest BCUT2D eigenvalue weighted by molar-refractivity contribution is 7.39. The summed E-state index contributed by atoms with van der Waals surface area (Å²) in [5, 5.41) is 0. The molecular formula is C38H61O3P. The van der Waals surface area contributed by atoms with E-state index < -0.39 is 14.2 Å². The van der Waals surface area contributed by atoms with Crippen molar-refractivity contribution in [3.8, 4) is 0 Å². The zero-order chi connectivity index (χ0) is 32.3. The first-order valence-corrected chi connectivity index (χ1v) is 17.1. The third-order valence-corrected chi connectivity index (χ3v) is 8.88. The molecule has 0 bridgehead atoms. The molecular weight excluding hydrogens is 535 g/mol. The van der Waals surface area contributed by atoms with E-state index >= 15 is 0 Å². The average Bonchev–Trinajstić information content (AvgIpc) is 2.84. The Hall–Kier alpha value is -1.51. The second-order valence-electron chi connectivity index (χ2n) is 16.3.